The molecule has 0 unspecified atom stereocenters. The van der Waals surface area contributed by atoms with Crippen molar-refractivity contribution in [2.24, 2.45) is 0 Å². The molecule has 1 N–H and O–H groups in total. The van der Waals surface area contributed by atoms with Crippen LogP contribution in [0, 0.1) is 24.0 Å². The summed E-state index contributed by atoms with van der Waals surface area (Å²) < 4.78 is 4.98. The first-order valence-electron chi connectivity index (χ1n) is 7.68. The summed E-state index contributed by atoms with van der Waals surface area (Å²) in [6.45, 7) is 5.26. The van der Waals surface area contributed by atoms with Gasteiger partial charge in [0.25, 0.3) is 11.6 Å². The summed E-state index contributed by atoms with van der Waals surface area (Å²) in [5.41, 5.74) is 1.88. The maximum absolute atomic E-state index is 12.4. The minimum atomic E-state index is -0.529. The number of carbonyl (C=O) groups excluding carboxylic acids is 2. The Bertz CT molecular complexity index is 845. The van der Waals surface area contributed by atoms with Gasteiger partial charge < -0.3 is 10.1 Å². The number of nitro groups is 1. The SMILES string of the molecule is CCOC(=O)c1cccc(NC(=O)c2ccc(C)c([N+](=O)[O-])c2)c1C. The molecule has 1 amide bonds. The quantitative estimate of drug-likeness (QED) is 0.508. The third-order valence-electron chi connectivity index (χ3n) is 3.75. The Morgan fingerprint density at radius 3 is 2.56 bits per heavy atom. The zero-order valence-electron chi connectivity index (χ0n) is 14.2. The number of nitro benzene ring substituents is 1. The van der Waals surface area contributed by atoms with Gasteiger partial charge in [0, 0.05) is 22.9 Å². The van der Waals surface area contributed by atoms with E-state index in [-0.39, 0.29) is 17.9 Å². The summed E-state index contributed by atoms with van der Waals surface area (Å²) in [5.74, 6) is -0.964. The first-order chi connectivity index (χ1) is 11.8. The summed E-state index contributed by atoms with van der Waals surface area (Å²) in [5, 5.41) is 13.7. The van der Waals surface area contributed by atoms with Crippen molar-refractivity contribution >= 4 is 23.3 Å². The van der Waals surface area contributed by atoms with Crippen LogP contribution in [0.1, 0.15) is 38.8 Å². The average Bonchev–Trinajstić information content (AvgIpc) is 2.57. The number of aryl methyl sites for hydroxylation is 1. The van der Waals surface area contributed by atoms with E-state index in [1.165, 1.54) is 18.2 Å². The summed E-state index contributed by atoms with van der Waals surface area (Å²) in [4.78, 5) is 34.8. The molecule has 0 fully saturated rings. The van der Waals surface area contributed by atoms with Gasteiger partial charge in [-0.05, 0) is 44.5 Å². The van der Waals surface area contributed by atoms with Crippen LogP contribution in [0.3, 0.4) is 0 Å². The van der Waals surface area contributed by atoms with Crippen molar-refractivity contribution in [3.63, 3.8) is 0 Å². The number of amides is 1. The van der Waals surface area contributed by atoms with E-state index in [2.05, 4.69) is 5.32 Å². The lowest BCUT2D eigenvalue weighted by Crippen LogP contribution is -2.15. The summed E-state index contributed by atoms with van der Waals surface area (Å²) in [6, 6.07) is 9.16. The van der Waals surface area contributed by atoms with Crippen molar-refractivity contribution in [2.75, 3.05) is 11.9 Å². The number of hydrogen-bond acceptors (Lipinski definition) is 5. The highest BCUT2D eigenvalue weighted by atomic mass is 16.6. The van der Waals surface area contributed by atoms with Crippen LogP contribution in [-0.2, 0) is 4.74 Å². The molecule has 0 saturated carbocycles. The zero-order valence-corrected chi connectivity index (χ0v) is 14.2. The standard InChI is InChI=1S/C18H18N2O5/c1-4-25-18(22)14-6-5-7-15(12(14)3)19-17(21)13-9-8-11(2)16(10-13)20(23)24/h5-10H,4H2,1-3H3,(H,19,21). The third kappa shape index (κ3) is 4.00. The van der Waals surface area contributed by atoms with Crippen LogP contribution < -0.4 is 5.32 Å². The van der Waals surface area contributed by atoms with E-state index in [1.807, 2.05) is 0 Å². The molecule has 7 nitrogen and oxygen atoms in total. The van der Waals surface area contributed by atoms with Gasteiger partial charge in [-0.3, -0.25) is 14.9 Å². The second kappa shape index (κ2) is 7.57. The molecule has 0 radical (unpaired) electrons. The van der Waals surface area contributed by atoms with E-state index in [0.717, 1.165) is 0 Å². The number of ether oxygens (including phenoxy) is 1. The Morgan fingerprint density at radius 1 is 1.20 bits per heavy atom. The van der Waals surface area contributed by atoms with E-state index in [9.17, 15) is 19.7 Å². The van der Waals surface area contributed by atoms with Crippen molar-refractivity contribution in [1.29, 1.82) is 0 Å². The summed E-state index contributed by atoms with van der Waals surface area (Å²) in [6.07, 6.45) is 0. The molecule has 2 rings (SSSR count). The van der Waals surface area contributed by atoms with Crippen molar-refractivity contribution in [1.82, 2.24) is 0 Å². The molecule has 0 aromatic heterocycles. The Labute approximate surface area is 144 Å². The summed E-state index contributed by atoms with van der Waals surface area (Å²) in [7, 11) is 0. The average molecular weight is 342 g/mol. The van der Waals surface area contributed by atoms with Gasteiger partial charge >= 0.3 is 5.97 Å². The molecule has 7 heteroatoms. The number of nitrogens with zero attached hydrogens (tertiary/aromatic N) is 1. The van der Waals surface area contributed by atoms with Crippen molar-refractivity contribution in [2.45, 2.75) is 20.8 Å². The number of rotatable bonds is 5. The minimum Gasteiger partial charge on any atom is -0.462 e. The predicted molar refractivity (Wildman–Crippen MR) is 92.9 cm³/mol. The Balaban J connectivity index is 2.30. The van der Waals surface area contributed by atoms with E-state index in [4.69, 9.17) is 4.74 Å². The molecule has 0 atom stereocenters. The largest absolute Gasteiger partial charge is 0.462 e. The maximum atomic E-state index is 12.4. The molecular weight excluding hydrogens is 324 g/mol. The van der Waals surface area contributed by atoms with Crippen molar-refractivity contribution in [3.8, 4) is 0 Å². The molecule has 0 aliphatic carbocycles. The van der Waals surface area contributed by atoms with Gasteiger partial charge in [0.1, 0.15) is 0 Å². The number of hydrogen-bond donors (Lipinski definition) is 1. The second-order valence-electron chi connectivity index (χ2n) is 5.41. The highest BCUT2D eigenvalue weighted by Crippen LogP contribution is 2.23. The monoisotopic (exact) mass is 342 g/mol. The van der Waals surface area contributed by atoms with E-state index in [1.54, 1.807) is 39.0 Å². The Hall–Kier alpha value is -3.22. The fraction of sp³-hybridized carbons (Fsp3) is 0.222. The lowest BCUT2D eigenvalue weighted by Gasteiger charge is -2.12. The summed E-state index contributed by atoms with van der Waals surface area (Å²) >= 11 is 0. The number of esters is 1. The molecule has 25 heavy (non-hydrogen) atoms. The Kier molecular flexibility index (Phi) is 5.49. The lowest BCUT2D eigenvalue weighted by molar-refractivity contribution is -0.385. The molecule has 0 bridgehead atoms. The normalized spacial score (nSPS) is 10.2. The van der Waals surface area contributed by atoms with Crippen LogP contribution in [0.15, 0.2) is 36.4 Å². The predicted octanol–water partition coefficient (Wildman–Crippen LogP) is 3.64. The fourth-order valence-electron chi connectivity index (χ4n) is 2.34. The van der Waals surface area contributed by atoms with Gasteiger partial charge in [-0.25, -0.2) is 4.79 Å². The van der Waals surface area contributed by atoms with Crippen molar-refractivity contribution in [3.05, 3.63) is 68.8 Å². The zero-order chi connectivity index (χ0) is 18.6. The first kappa shape index (κ1) is 18.1. The fourth-order valence-corrected chi connectivity index (χ4v) is 2.34. The molecular formula is C18H18N2O5. The second-order valence-corrected chi connectivity index (χ2v) is 5.41. The highest BCUT2D eigenvalue weighted by Gasteiger charge is 2.17. The van der Waals surface area contributed by atoms with Crippen LogP contribution in [0.4, 0.5) is 11.4 Å². The first-order valence-corrected chi connectivity index (χ1v) is 7.68. The van der Waals surface area contributed by atoms with E-state index >= 15 is 0 Å². The minimum absolute atomic E-state index is 0.121. The maximum Gasteiger partial charge on any atom is 0.338 e. The molecule has 0 saturated heterocycles. The van der Waals surface area contributed by atoms with E-state index < -0.39 is 16.8 Å². The molecule has 0 spiro atoms. The van der Waals surface area contributed by atoms with Crippen LogP contribution >= 0.6 is 0 Å². The smallest absolute Gasteiger partial charge is 0.338 e. The number of anilines is 1. The van der Waals surface area contributed by atoms with Crippen LogP contribution in [0.5, 0.6) is 0 Å². The number of nitrogens with one attached hydrogen (secondary N) is 1. The van der Waals surface area contributed by atoms with Gasteiger partial charge in [-0.2, -0.15) is 0 Å². The molecule has 130 valence electrons. The number of carbonyl (C=O) groups is 2. The molecule has 0 heterocycles. The van der Waals surface area contributed by atoms with Gasteiger partial charge in [0.15, 0.2) is 0 Å². The van der Waals surface area contributed by atoms with Gasteiger partial charge in [-0.1, -0.05) is 12.1 Å². The lowest BCUT2D eigenvalue weighted by atomic mass is 10.1. The highest BCUT2D eigenvalue weighted by molar-refractivity contribution is 6.06. The van der Waals surface area contributed by atoms with Crippen LogP contribution in [-0.4, -0.2) is 23.4 Å². The Morgan fingerprint density at radius 2 is 1.92 bits per heavy atom. The molecule has 0 aliphatic heterocycles. The van der Waals surface area contributed by atoms with Gasteiger partial charge in [0.05, 0.1) is 17.1 Å². The van der Waals surface area contributed by atoms with Crippen LogP contribution in [0.25, 0.3) is 0 Å². The topological polar surface area (TPSA) is 98.5 Å². The number of benzene rings is 2. The van der Waals surface area contributed by atoms with Crippen molar-refractivity contribution < 1.29 is 19.2 Å². The molecule has 2 aromatic rings. The van der Waals surface area contributed by atoms with Gasteiger partial charge in [0.2, 0.25) is 0 Å². The molecule has 2 aromatic carbocycles. The van der Waals surface area contributed by atoms with E-state index in [0.29, 0.717) is 22.4 Å². The van der Waals surface area contributed by atoms with Crippen LogP contribution in [0.2, 0.25) is 0 Å². The third-order valence-corrected chi connectivity index (χ3v) is 3.75. The van der Waals surface area contributed by atoms with Gasteiger partial charge in [-0.15, -0.1) is 0 Å². The molecule has 0 aliphatic rings.